The quantitative estimate of drug-likeness (QED) is 0.904. The Kier molecular flexibility index (Phi) is 3.73. The normalized spacial score (nSPS) is 21.4. The Hall–Kier alpha value is -1.43. The van der Waals surface area contributed by atoms with Gasteiger partial charge in [0.15, 0.2) is 12.1 Å². The molecule has 0 spiro atoms. The summed E-state index contributed by atoms with van der Waals surface area (Å²) in [4.78, 5) is 10.7. The van der Waals surface area contributed by atoms with Crippen LogP contribution in [0.25, 0.3) is 0 Å². The number of fused-ring (bicyclic) bond motifs is 1. The Morgan fingerprint density at radius 1 is 1.29 bits per heavy atom. The average Bonchev–Trinajstić information content (AvgIpc) is 2.72. The third kappa shape index (κ3) is 2.69. The van der Waals surface area contributed by atoms with Crippen LogP contribution in [0, 0.1) is 0 Å². The molecule has 2 aliphatic rings. The van der Waals surface area contributed by atoms with Gasteiger partial charge < -0.3 is 14.7 Å². The van der Waals surface area contributed by atoms with Crippen LogP contribution >= 0.6 is 23.2 Å². The fourth-order valence-electron chi connectivity index (χ4n) is 2.54. The molecule has 1 atom stereocenters. The number of amidine groups is 1. The Labute approximate surface area is 134 Å². The molecule has 0 saturated carbocycles. The lowest BCUT2D eigenvalue weighted by Gasteiger charge is -2.35. The number of rotatable bonds is 2. The van der Waals surface area contributed by atoms with Crippen molar-refractivity contribution in [2.45, 2.75) is 12.8 Å². The third-order valence-electron chi connectivity index (χ3n) is 3.69. The zero-order valence-corrected chi connectivity index (χ0v) is 13.4. The largest absolute Gasteiger partial charge is 0.354 e. The monoisotopic (exact) mass is 325 g/mol. The molecule has 0 amide bonds. The number of benzene rings is 1. The summed E-state index contributed by atoms with van der Waals surface area (Å²) in [5, 5.41) is 1.15. The minimum absolute atomic E-state index is 0.307. The first-order valence-electron chi connectivity index (χ1n) is 6.63. The maximum atomic E-state index is 6.07. The number of likely N-dealkylation sites (N-methyl/N-ethyl adjacent to an activating group) is 2. The van der Waals surface area contributed by atoms with E-state index in [1.54, 1.807) is 0 Å². The lowest BCUT2D eigenvalue weighted by Crippen LogP contribution is -2.43. The maximum Gasteiger partial charge on any atom is 0.176 e. The van der Waals surface area contributed by atoms with Gasteiger partial charge in [0.1, 0.15) is 0 Å². The van der Waals surface area contributed by atoms with Gasteiger partial charge in [-0.1, -0.05) is 29.3 Å². The van der Waals surface area contributed by atoms with E-state index in [0.717, 1.165) is 30.3 Å². The van der Waals surface area contributed by atoms with E-state index in [1.165, 1.54) is 0 Å². The first-order valence-corrected chi connectivity index (χ1v) is 7.39. The maximum absolute atomic E-state index is 6.07. The second-order valence-corrected chi connectivity index (χ2v) is 6.14. The summed E-state index contributed by atoms with van der Waals surface area (Å²) in [5.41, 5.74) is 8.10. The lowest BCUT2D eigenvalue weighted by atomic mass is 10.2. The Morgan fingerprint density at radius 2 is 2.05 bits per heavy atom. The first kappa shape index (κ1) is 14.5. The standard InChI is InChI=1S/C14H17Cl2N5/c1-19-8-21(6-9-3-4-10(15)11(16)5-9)7-12-13(19)18-14(17)20(12)2/h3-5,7,14H,6,8,17H2,1-2H3. The molecule has 0 bridgehead atoms. The van der Waals surface area contributed by atoms with E-state index >= 15 is 0 Å². The highest BCUT2D eigenvalue weighted by atomic mass is 35.5. The van der Waals surface area contributed by atoms with Crippen LogP contribution in [0.3, 0.4) is 0 Å². The second-order valence-electron chi connectivity index (χ2n) is 5.33. The van der Waals surface area contributed by atoms with E-state index in [2.05, 4.69) is 21.0 Å². The van der Waals surface area contributed by atoms with Gasteiger partial charge in [0.2, 0.25) is 0 Å². The molecule has 5 nitrogen and oxygen atoms in total. The average molecular weight is 326 g/mol. The molecule has 1 aromatic rings. The van der Waals surface area contributed by atoms with E-state index < -0.39 is 0 Å². The minimum atomic E-state index is -0.307. The van der Waals surface area contributed by atoms with Crippen molar-refractivity contribution in [3.05, 3.63) is 45.7 Å². The second kappa shape index (κ2) is 5.40. The van der Waals surface area contributed by atoms with Crippen LogP contribution in [0.5, 0.6) is 0 Å². The number of hydrogen-bond acceptors (Lipinski definition) is 5. The smallest absolute Gasteiger partial charge is 0.176 e. The van der Waals surface area contributed by atoms with Crippen LogP contribution in [0.2, 0.25) is 10.0 Å². The molecule has 2 N–H and O–H groups in total. The molecule has 1 aromatic carbocycles. The molecule has 112 valence electrons. The summed E-state index contributed by atoms with van der Waals surface area (Å²) in [6.07, 6.45) is 1.78. The molecule has 0 saturated heterocycles. The predicted octanol–water partition coefficient (Wildman–Crippen LogP) is 2.13. The molecule has 7 heteroatoms. The third-order valence-corrected chi connectivity index (χ3v) is 4.43. The number of halogens is 2. The molecule has 1 unspecified atom stereocenters. The Balaban J connectivity index is 1.83. The molecule has 0 aromatic heterocycles. The highest BCUT2D eigenvalue weighted by Crippen LogP contribution is 2.26. The predicted molar refractivity (Wildman–Crippen MR) is 85.9 cm³/mol. The number of hydrogen-bond donors (Lipinski definition) is 1. The van der Waals surface area contributed by atoms with Crippen LogP contribution in [0.4, 0.5) is 0 Å². The first-order chi connectivity index (χ1) is 9.95. The molecule has 0 aliphatic carbocycles. The van der Waals surface area contributed by atoms with Crippen molar-refractivity contribution < 1.29 is 0 Å². The van der Waals surface area contributed by atoms with Crippen LogP contribution in [0.15, 0.2) is 35.1 Å². The van der Waals surface area contributed by atoms with E-state index in [-0.39, 0.29) is 6.29 Å². The molecule has 21 heavy (non-hydrogen) atoms. The summed E-state index contributed by atoms with van der Waals surface area (Å²) in [7, 11) is 3.96. The van der Waals surface area contributed by atoms with Crippen molar-refractivity contribution in [2.75, 3.05) is 20.8 Å². The minimum Gasteiger partial charge on any atom is -0.354 e. The van der Waals surface area contributed by atoms with E-state index in [4.69, 9.17) is 28.9 Å². The van der Waals surface area contributed by atoms with Gasteiger partial charge in [0.05, 0.1) is 22.4 Å². The molecule has 0 radical (unpaired) electrons. The van der Waals surface area contributed by atoms with Crippen LogP contribution in [0.1, 0.15) is 5.56 Å². The summed E-state index contributed by atoms with van der Waals surface area (Å²) < 4.78 is 0. The summed E-state index contributed by atoms with van der Waals surface area (Å²) in [5.74, 6) is 0.940. The molecule has 3 rings (SSSR count). The molecule has 2 heterocycles. The van der Waals surface area contributed by atoms with E-state index in [9.17, 15) is 0 Å². The van der Waals surface area contributed by atoms with Gasteiger partial charge in [-0.05, 0) is 17.7 Å². The lowest BCUT2D eigenvalue weighted by molar-refractivity contribution is 0.244. The SMILES string of the molecule is CN1CN(Cc2ccc(Cl)c(Cl)c2)C=C2C1=NC(N)N2C. The van der Waals surface area contributed by atoms with Gasteiger partial charge in [0.25, 0.3) is 0 Å². The molecule has 0 fully saturated rings. The fraction of sp³-hybridized carbons (Fsp3) is 0.357. The van der Waals surface area contributed by atoms with Gasteiger partial charge in [0, 0.05) is 26.8 Å². The topological polar surface area (TPSA) is 48.1 Å². The summed E-state index contributed by atoms with van der Waals surface area (Å²) in [6, 6.07) is 5.71. The van der Waals surface area contributed by atoms with Gasteiger partial charge in [-0.3, -0.25) is 5.73 Å². The highest BCUT2D eigenvalue weighted by molar-refractivity contribution is 6.42. The van der Waals surface area contributed by atoms with E-state index in [1.807, 2.05) is 37.2 Å². The van der Waals surface area contributed by atoms with Crippen molar-refractivity contribution >= 4 is 29.0 Å². The summed E-state index contributed by atoms with van der Waals surface area (Å²) >= 11 is 12.0. The van der Waals surface area contributed by atoms with Gasteiger partial charge >= 0.3 is 0 Å². The number of aliphatic imine (C=N–C) groups is 1. The van der Waals surface area contributed by atoms with Gasteiger partial charge in [-0.15, -0.1) is 0 Å². The zero-order valence-electron chi connectivity index (χ0n) is 11.9. The molecular weight excluding hydrogens is 309 g/mol. The van der Waals surface area contributed by atoms with Crippen LogP contribution in [-0.4, -0.2) is 47.6 Å². The molecule has 2 aliphatic heterocycles. The highest BCUT2D eigenvalue weighted by Gasteiger charge is 2.31. The Bertz CT molecular complexity index is 628. The van der Waals surface area contributed by atoms with Gasteiger partial charge in [-0.2, -0.15) is 0 Å². The van der Waals surface area contributed by atoms with Crippen LogP contribution < -0.4 is 5.73 Å². The fourth-order valence-corrected chi connectivity index (χ4v) is 2.86. The summed E-state index contributed by atoms with van der Waals surface area (Å²) in [6.45, 7) is 1.50. The van der Waals surface area contributed by atoms with Crippen molar-refractivity contribution in [1.82, 2.24) is 14.7 Å². The van der Waals surface area contributed by atoms with E-state index in [0.29, 0.717) is 10.0 Å². The molecular formula is C14H17Cl2N5. The van der Waals surface area contributed by atoms with Crippen molar-refractivity contribution in [3.8, 4) is 0 Å². The number of nitrogens with zero attached hydrogens (tertiary/aromatic N) is 4. The van der Waals surface area contributed by atoms with Crippen molar-refractivity contribution in [2.24, 2.45) is 10.7 Å². The van der Waals surface area contributed by atoms with Crippen molar-refractivity contribution in [3.63, 3.8) is 0 Å². The number of nitrogens with two attached hydrogens (primary N) is 1. The zero-order chi connectivity index (χ0) is 15.1. The van der Waals surface area contributed by atoms with Crippen LogP contribution in [-0.2, 0) is 6.54 Å². The van der Waals surface area contributed by atoms with Crippen molar-refractivity contribution in [1.29, 1.82) is 0 Å². The Morgan fingerprint density at radius 3 is 2.76 bits per heavy atom. The van der Waals surface area contributed by atoms with Gasteiger partial charge in [-0.25, -0.2) is 4.99 Å².